The summed E-state index contributed by atoms with van der Waals surface area (Å²) in [5.74, 6) is 0. The normalized spacial score (nSPS) is 13.9. The molecule has 0 aliphatic rings. The first-order chi connectivity index (χ1) is 8.06. The van der Waals surface area contributed by atoms with Crippen molar-refractivity contribution in [2.45, 2.75) is 25.6 Å². The molecule has 0 saturated heterocycles. The fourth-order valence-electron chi connectivity index (χ4n) is 1.45. The van der Waals surface area contributed by atoms with Crippen LogP contribution in [0.4, 0.5) is 0 Å². The van der Waals surface area contributed by atoms with Crippen LogP contribution >= 0.6 is 11.6 Å². The summed E-state index contributed by atoms with van der Waals surface area (Å²) >= 11 is 5.69. The Labute approximate surface area is 104 Å². The number of aliphatic hydroxyl groups is 2. The van der Waals surface area contributed by atoms with Gasteiger partial charge in [0.2, 0.25) is 0 Å². The average molecular weight is 257 g/mol. The number of rotatable bonds is 5. The van der Waals surface area contributed by atoms with Crippen molar-refractivity contribution in [1.82, 2.24) is 4.98 Å². The van der Waals surface area contributed by atoms with Gasteiger partial charge in [-0.2, -0.15) is 0 Å². The highest BCUT2D eigenvalue weighted by Gasteiger charge is 2.20. The molecular formula is C10H13ClN4O2. The van der Waals surface area contributed by atoms with E-state index in [1.54, 1.807) is 19.1 Å². The summed E-state index contributed by atoms with van der Waals surface area (Å²) in [4.78, 5) is 6.56. The zero-order chi connectivity index (χ0) is 12.8. The second-order valence-electron chi connectivity index (χ2n) is 3.56. The number of hydrogen-bond acceptors (Lipinski definition) is 4. The maximum Gasteiger partial charge on any atom is 0.129 e. The number of halogens is 1. The van der Waals surface area contributed by atoms with E-state index >= 15 is 0 Å². The van der Waals surface area contributed by atoms with E-state index in [4.69, 9.17) is 17.1 Å². The quantitative estimate of drug-likeness (QED) is 0.365. The molecular weight excluding hydrogens is 244 g/mol. The Morgan fingerprint density at radius 1 is 1.53 bits per heavy atom. The first kappa shape index (κ1) is 13.7. The number of aromatic nitrogens is 1. The monoisotopic (exact) mass is 256 g/mol. The summed E-state index contributed by atoms with van der Waals surface area (Å²) in [5.41, 5.74) is 9.18. The molecule has 2 N–H and O–H groups in total. The van der Waals surface area contributed by atoms with Crippen molar-refractivity contribution in [1.29, 1.82) is 0 Å². The highest BCUT2D eigenvalue weighted by molar-refractivity contribution is 6.29. The van der Waals surface area contributed by atoms with Gasteiger partial charge in [0.15, 0.2) is 0 Å². The molecule has 1 aromatic rings. The molecule has 0 aliphatic carbocycles. The Morgan fingerprint density at radius 2 is 2.24 bits per heavy atom. The molecule has 0 spiro atoms. The van der Waals surface area contributed by atoms with Crippen LogP contribution in [0.5, 0.6) is 0 Å². The van der Waals surface area contributed by atoms with Crippen molar-refractivity contribution in [3.8, 4) is 0 Å². The van der Waals surface area contributed by atoms with Crippen molar-refractivity contribution in [2.75, 3.05) is 6.54 Å². The van der Waals surface area contributed by atoms with Gasteiger partial charge in [-0.1, -0.05) is 22.8 Å². The van der Waals surface area contributed by atoms with Gasteiger partial charge in [-0.3, -0.25) is 0 Å². The Morgan fingerprint density at radius 3 is 2.82 bits per heavy atom. The van der Waals surface area contributed by atoms with Gasteiger partial charge < -0.3 is 10.2 Å². The molecule has 0 bridgehead atoms. The first-order valence-corrected chi connectivity index (χ1v) is 5.44. The molecule has 7 heteroatoms. The number of aryl methyl sites for hydroxylation is 1. The van der Waals surface area contributed by atoms with Gasteiger partial charge in [0.05, 0.1) is 6.10 Å². The summed E-state index contributed by atoms with van der Waals surface area (Å²) in [5, 5.41) is 23.2. The summed E-state index contributed by atoms with van der Waals surface area (Å²) in [6, 6.07) is 3.17. The molecule has 1 rings (SSSR count). The predicted molar refractivity (Wildman–Crippen MR) is 63.6 cm³/mol. The molecule has 0 saturated carbocycles. The maximum atomic E-state index is 9.89. The molecule has 92 valence electrons. The largest absolute Gasteiger partial charge is 0.390 e. The number of azide groups is 1. The molecule has 0 amide bonds. The third-order valence-corrected chi connectivity index (χ3v) is 2.57. The minimum absolute atomic E-state index is 0.134. The van der Waals surface area contributed by atoms with Gasteiger partial charge in [-0.15, -0.1) is 0 Å². The Kier molecular flexibility index (Phi) is 5.18. The van der Waals surface area contributed by atoms with Crippen LogP contribution in [-0.4, -0.2) is 27.8 Å². The van der Waals surface area contributed by atoms with Crippen molar-refractivity contribution in [3.63, 3.8) is 0 Å². The van der Waals surface area contributed by atoms with Crippen molar-refractivity contribution in [2.24, 2.45) is 5.11 Å². The van der Waals surface area contributed by atoms with Crippen LogP contribution in [0.2, 0.25) is 5.15 Å². The fraction of sp³-hybridized carbons (Fsp3) is 0.500. The summed E-state index contributed by atoms with van der Waals surface area (Å²) in [6.07, 6.45) is -1.87. The fourth-order valence-corrected chi connectivity index (χ4v) is 1.64. The van der Waals surface area contributed by atoms with Gasteiger partial charge in [0.1, 0.15) is 11.3 Å². The lowest BCUT2D eigenvalue weighted by Gasteiger charge is -2.18. The number of nitrogens with zero attached hydrogens (tertiary/aromatic N) is 4. The van der Waals surface area contributed by atoms with Gasteiger partial charge >= 0.3 is 0 Å². The van der Waals surface area contributed by atoms with E-state index in [0.717, 1.165) is 0 Å². The van der Waals surface area contributed by atoms with Gasteiger partial charge in [-0.05, 0) is 24.9 Å². The Hall–Kier alpha value is -1.33. The standard InChI is InChI=1S/C10H13ClN4O2/c1-6-7(2-3-9(11)14-6)10(17)8(16)4-5-13-15-12/h2-3,8,10,16-17H,4-5H2,1H3. The van der Waals surface area contributed by atoms with Crippen molar-refractivity contribution < 1.29 is 10.2 Å². The van der Waals surface area contributed by atoms with Crippen LogP contribution in [0, 0.1) is 6.92 Å². The van der Waals surface area contributed by atoms with E-state index in [9.17, 15) is 10.2 Å². The molecule has 2 atom stereocenters. The third kappa shape index (κ3) is 3.87. The molecule has 0 aromatic carbocycles. The Balaban J connectivity index is 2.73. The zero-order valence-corrected chi connectivity index (χ0v) is 10.0. The molecule has 2 unspecified atom stereocenters. The van der Waals surface area contributed by atoms with Crippen LogP contribution in [0.1, 0.15) is 23.8 Å². The van der Waals surface area contributed by atoms with E-state index in [0.29, 0.717) is 16.4 Å². The number of aliphatic hydroxyl groups excluding tert-OH is 2. The second kappa shape index (κ2) is 6.42. The second-order valence-corrected chi connectivity index (χ2v) is 3.95. The summed E-state index contributed by atoms with van der Waals surface area (Å²) in [7, 11) is 0. The molecule has 0 fully saturated rings. The molecule has 0 radical (unpaired) electrons. The SMILES string of the molecule is Cc1nc(Cl)ccc1C(O)C(O)CCN=[N+]=[N-]. The van der Waals surface area contributed by atoms with E-state index in [1.165, 1.54) is 0 Å². The summed E-state index contributed by atoms with van der Waals surface area (Å²) in [6.45, 7) is 1.83. The summed E-state index contributed by atoms with van der Waals surface area (Å²) < 4.78 is 0. The van der Waals surface area contributed by atoms with E-state index < -0.39 is 12.2 Å². The van der Waals surface area contributed by atoms with Gasteiger partial charge in [0, 0.05) is 22.7 Å². The lowest BCUT2D eigenvalue weighted by atomic mass is 10.0. The topological polar surface area (TPSA) is 102 Å². The van der Waals surface area contributed by atoms with Crippen LogP contribution in [0.15, 0.2) is 17.2 Å². The van der Waals surface area contributed by atoms with Gasteiger partial charge in [-0.25, -0.2) is 4.98 Å². The van der Waals surface area contributed by atoms with Crippen LogP contribution < -0.4 is 0 Å². The highest BCUT2D eigenvalue weighted by Crippen LogP contribution is 2.22. The average Bonchev–Trinajstić information content (AvgIpc) is 2.28. The van der Waals surface area contributed by atoms with E-state index in [2.05, 4.69) is 15.0 Å². The van der Waals surface area contributed by atoms with E-state index in [-0.39, 0.29) is 13.0 Å². The lowest BCUT2D eigenvalue weighted by Crippen LogP contribution is -2.20. The maximum absolute atomic E-state index is 9.89. The van der Waals surface area contributed by atoms with Crippen LogP contribution in [-0.2, 0) is 0 Å². The van der Waals surface area contributed by atoms with Gasteiger partial charge in [0.25, 0.3) is 0 Å². The predicted octanol–water partition coefficient (Wildman–Crippen LogP) is 2.14. The molecule has 1 heterocycles. The molecule has 6 nitrogen and oxygen atoms in total. The van der Waals surface area contributed by atoms with Crippen molar-refractivity contribution >= 4 is 11.6 Å². The lowest BCUT2D eigenvalue weighted by molar-refractivity contribution is 0.0144. The van der Waals surface area contributed by atoms with Crippen LogP contribution in [0.25, 0.3) is 10.4 Å². The zero-order valence-electron chi connectivity index (χ0n) is 9.28. The minimum Gasteiger partial charge on any atom is -0.390 e. The number of hydrogen-bond donors (Lipinski definition) is 2. The number of pyridine rings is 1. The highest BCUT2D eigenvalue weighted by atomic mass is 35.5. The van der Waals surface area contributed by atoms with Crippen molar-refractivity contribution in [3.05, 3.63) is 39.0 Å². The molecule has 1 aromatic heterocycles. The Bertz CT molecular complexity index is 434. The minimum atomic E-state index is -1.06. The third-order valence-electron chi connectivity index (χ3n) is 2.36. The molecule has 17 heavy (non-hydrogen) atoms. The molecule has 0 aliphatic heterocycles. The smallest absolute Gasteiger partial charge is 0.129 e. The first-order valence-electron chi connectivity index (χ1n) is 5.06. The van der Waals surface area contributed by atoms with E-state index in [1.807, 2.05) is 0 Å². The van der Waals surface area contributed by atoms with Crippen LogP contribution in [0.3, 0.4) is 0 Å².